The van der Waals surface area contributed by atoms with E-state index >= 15 is 0 Å². The fourth-order valence-electron chi connectivity index (χ4n) is 3.32. The Bertz CT molecular complexity index is 960. The average molecular weight is 380 g/mol. The Kier molecular flexibility index (Phi) is 4.27. The largest absolute Gasteiger partial charge is 0.341 e. The summed E-state index contributed by atoms with van der Waals surface area (Å²) >= 11 is 0. The first-order valence-electron chi connectivity index (χ1n) is 9.59. The van der Waals surface area contributed by atoms with Gasteiger partial charge < -0.3 is 15.5 Å². The molecule has 1 aromatic carbocycles. The highest BCUT2D eigenvalue weighted by Gasteiger charge is 2.25. The monoisotopic (exact) mass is 380 g/mol. The molecule has 1 saturated heterocycles. The lowest BCUT2D eigenvalue weighted by atomic mass is 10.3. The van der Waals surface area contributed by atoms with Gasteiger partial charge in [0.1, 0.15) is 5.82 Å². The molecule has 5 rings (SSSR count). The zero-order chi connectivity index (χ0) is 18.9. The van der Waals surface area contributed by atoms with Crippen LogP contribution in [0.15, 0.2) is 30.3 Å². The number of aromatic nitrogens is 5. The summed E-state index contributed by atoms with van der Waals surface area (Å²) in [6, 6.07) is 8.10. The van der Waals surface area contributed by atoms with E-state index in [0.29, 0.717) is 35.3 Å². The molecule has 0 unspecified atom stereocenters. The number of benzene rings is 1. The van der Waals surface area contributed by atoms with Gasteiger partial charge in [0.05, 0.1) is 0 Å². The third-order valence-corrected chi connectivity index (χ3v) is 4.97. The fourth-order valence-corrected chi connectivity index (χ4v) is 3.32. The van der Waals surface area contributed by atoms with Crippen LogP contribution in [0.5, 0.6) is 0 Å². The van der Waals surface area contributed by atoms with Crippen LogP contribution in [-0.4, -0.2) is 38.2 Å². The van der Waals surface area contributed by atoms with Crippen LogP contribution in [0.3, 0.4) is 0 Å². The number of nitrogens with one attached hydrogen (secondary N) is 3. The minimum Gasteiger partial charge on any atom is -0.341 e. The van der Waals surface area contributed by atoms with Gasteiger partial charge in [-0.3, -0.25) is 5.10 Å². The molecule has 3 heterocycles. The first kappa shape index (κ1) is 16.9. The van der Waals surface area contributed by atoms with Crippen LogP contribution < -0.4 is 15.5 Å². The summed E-state index contributed by atoms with van der Waals surface area (Å²) in [5.74, 6) is 2.45. The van der Waals surface area contributed by atoms with Crippen LogP contribution in [-0.2, 0) is 0 Å². The summed E-state index contributed by atoms with van der Waals surface area (Å²) in [6.07, 6.45) is 4.66. The molecular formula is C19H21FN8. The number of nitrogens with zero attached hydrogens (tertiary/aromatic N) is 5. The molecule has 2 aromatic heterocycles. The fraction of sp³-hybridized carbons (Fsp3) is 0.368. The molecule has 0 spiro atoms. The minimum absolute atomic E-state index is 0.286. The van der Waals surface area contributed by atoms with E-state index in [-0.39, 0.29) is 5.82 Å². The van der Waals surface area contributed by atoms with Crippen molar-refractivity contribution in [3.8, 4) is 0 Å². The maximum absolute atomic E-state index is 13.2. The van der Waals surface area contributed by atoms with Crippen molar-refractivity contribution in [3.63, 3.8) is 0 Å². The molecule has 3 N–H and O–H groups in total. The summed E-state index contributed by atoms with van der Waals surface area (Å²) in [4.78, 5) is 15.7. The lowest BCUT2D eigenvalue weighted by Gasteiger charge is -2.17. The second kappa shape index (κ2) is 7.06. The van der Waals surface area contributed by atoms with Crippen molar-refractivity contribution in [2.75, 3.05) is 28.6 Å². The van der Waals surface area contributed by atoms with Crippen molar-refractivity contribution in [1.82, 2.24) is 25.1 Å². The molecule has 1 aliphatic carbocycles. The van der Waals surface area contributed by atoms with Crippen LogP contribution in [0.4, 0.5) is 33.7 Å². The molecule has 0 amide bonds. The zero-order valence-electron chi connectivity index (χ0n) is 15.3. The smallest absolute Gasteiger partial charge is 0.235 e. The van der Waals surface area contributed by atoms with Gasteiger partial charge in [0.15, 0.2) is 5.82 Å². The summed E-state index contributed by atoms with van der Waals surface area (Å²) in [6.45, 7) is 1.85. The lowest BCUT2D eigenvalue weighted by Crippen LogP contribution is -2.21. The Morgan fingerprint density at radius 3 is 2.39 bits per heavy atom. The first-order valence-corrected chi connectivity index (χ1v) is 9.59. The van der Waals surface area contributed by atoms with Gasteiger partial charge in [-0.15, -0.1) is 0 Å². The van der Waals surface area contributed by atoms with Gasteiger partial charge in [0, 0.05) is 36.5 Å². The van der Waals surface area contributed by atoms with Gasteiger partial charge >= 0.3 is 0 Å². The highest BCUT2D eigenvalue weighted by atomic mass is 19.1. The maximum Gasteiger partial charge on any atom is 0.235 e. The number of rotatable bonds is 6. The van der Waals surface area contributed by atoms with Gasteiger partial charge in [0.25, 0.3) is 0 Å². The Labute approximate surface area is 161 Å². The van der Waals surface area contributed by atoms with Crippen molar-refractivity contribution in [2.45, 2.75) is 31.6 Å². The highest BCUT2D eigenvalue weighted by Crippen LogP contribution is 2.39. The predicted molar refractivity (Wildman–Crippen MR) is 105 cm³/mol. The van der Waals surface area contributed by atoms with E-state index in [1.165, 1.54) is 25.0 Å². The number of aromatic amines is 1. The van der Waals surface area contributed by atoms with Crippen LogP contribution in [0.2, 0.25) is 0 Å². The molecule has 2 fully saturated rings. The van der Waals surface area contributed by atoms with Gasteiger partial charge in [-0.05, 0) is 49.9 Å². The van der Waals surface area contributed by atoms with Crippen molar-refractivity contribution >= 4 is 29.4 Å². The van der Waals surface area contributed by atoms with Crippen molar-refractivity contribution in [2.24, 2.45) is 0 Å². The number of hydrogen-bond acceptors (Lipinski definition) is 7. The van der Waals surface area contributed by atoms with Crippen LogP contribution >= 0.6 is 0 Å². The van der Waals surface area contributed by atoms with Crippen LogP contribution in [0.25, 0.3) is 0 Å². The maximum atomic E-state index is 13.2. The Balaban J connectivity index is 1.42. The van der Waals surface area contributed by atoms with Gasteiger partial charge in [-0.1, -0.05) is 0 Å². The summed E-state index contributed by atoms with van der Waals surface area (Å²) in [7, 11) is 0. The molecule has 3 aromatic rings. The number of H-pyrrole nitrogens is 1. The normalized spacial score (nSPS) is 16.4. The van der Waals surface area contributed by atoms with Crippen molar-refractivity contribution in [3.05, 3.63) is 41.8 Å². The van der Waals surface area contributed by atoms with E-state index in [1.54, 1.807) is 12.1 Å². The third kappa shape index (κ3) is 3.73. The van der Waals surface area contributed by atoms with Crippen molar-refractivity contribution < 1.29 is 4.39 Å². The Morgan fingerprint density at radius 1 is 0.964 bits per heavy atom. The van der Waals surface area contributed by atoms with Crippen molar-refractivity contribution in [1.29, 1.82) is 0 Å². The highest BCUT2D eigenvalue weighted by molar-refractivity contribution is 5.58. The number of hydrogen-bond donors (Lipinski definition) is 3. The molecule has 1 aliphatic heterocycles. The number of halogens is 1. The standard InChI is InChI=1S/C19H21FN8/c20-13-5-7-14(8-6-13)21-17-23-18(25-19(24-17)28-9-1-2-10-28)22-16-11-15(26-27-16)12-3-4-12/h5-8,11-12H,1-4,9-10H2,(H3,21,22,23,24,25,26,27). The van der Waals surface area contributed by atoms with Gasteiger partial charge in [0.2, 0.25) is 17.8 Å². The summed E-state index contributed by atoms with van der Waals surface area (Å²) in [5, 5.41) is 13.7. The minimum atomic E-state index is -0.286. The zero-order valence-corrected chi connectivity index (χ0v) is 15.3. The lowest BCUT2D eigenvalue weighted by molar-refractivity contribution is 0.628. The molecule has 28 heavy (non-hydrogen) atoms. The molecule has 0 atom stereocenters. The Hall–Kier alpha value is -3.23. The average Bonchev–Trinajstić information content (AvgIpc) is 3.20. The first-order chi connectivity index (χ1) is 13.7. The summed E-state index contributed by atoms with van der Waals surface area (Å²) in [5.41, 5.74) is 1.85. The van der Waals surface area contributed by atoms with E-state index < -0.39 is 0 Å². The summed E-state index contributed by atoms with van der Waals surface area (Å²) < 4.78 is 13.2. The molecule has 8 nitrogen and oxygen atoms in total. The van der Waals surface area contributed by atoms with Gasteiger partial charge in [-0.2, -0.15) is 20.1 Å². The van der Waals surface area contributed by atoms with E-state index in [2.05, 4.69) is 40.7 Å². The second-order valence-electron chi connectivity index (χ2n) is 7.22. The molecule has 0 radical (unpaired) electrons. The quantitative estimate of drug-likeness (QED) is 0.600. The van der Waals surface area contributed by atoms with Crippen LogP contribution in [0, 0.1) is 5.82 Å². The van der Waals surface area contributed by atoms with E-state index in [1.807, 2.05) is 6.07 Å². The molecule has 9 heteroatoms. The van der Waals surface area contributed by atoms with E-state index in [0.717, 1.165) is 31.6 Å². The predicted octanol–water partition coefficient (Wildman–Crippen LogP) is 3.70. The SMILES string of the molecule is Fc1ccc(Nc2nc(Nc3cc(C4CC4)[nH]n3)nc(N3CCCC3)n2)cc1. The van der Waals surface area contributed by atoms with Gasteiger partial charge in [-0.25, -0.2) is 4.39 Å². The molecule has 144 valence electrons. The third-order valence-electron chi connectivity index (χ3n) is 4.97. The molecular weight excluding hydrogens is 359 g/mol. The topological polar surface area (TPSA) is 94.6 Å². The molecule has 1 saturated carbocycles. The number of anilines is 5. The molecule has 0 bridgehead atoms. The second-order valence-corrected chi connectivity index (χ2v) is 7.22. The van der Waals surface area contributed by atoms with E-state index in [4.69, 9.17) is 0 Å². The Morgan fingerprint density at radius 2 is 1.68 bits per heavy atom. The molecule has 2 aliphatic rings. The van der Waals surface area contributed by atoms with E-state index in [9.17, 15) is 4.39 Å². The van der Waals surface area contributed by atoms with Crippen LogP contribution in [0.1, 0.15) is 37.3 Å².